The summed E-state index contributed by atoms with van der Waals surface area (Å²) in [4.78, 5) is 38.1. The Hall–Kier alpha value is -2.63. The number of unbranched alkanes of at least 4 members (excludes halogenated alkanes) is 34. The van der Waals surface area contributed by atoms with E-state index in [4.69, 9.17) is 14.2 Å². The molecular formula is C61H110O6. The van der Waals surface area contributed by atoms with Crippen molar-refractivity contribution in [3.8, 4) is 0 Å². The molecule has 0 amide bonds. The lowest BCUT2D eigenvalue weighted by Gasteiger charge is -2.18. The number of allylic oxidation sites excluding steroid dienone is 8. The highest BCUT2D eigenvalue weighted by Gasteiger charge is 2.19. The maximum Gasteiger partial charge on any atom is 0.306 e. The molecule has 0 N–H and O–H groups in total. The molecule has 0 radical (unpaired) electrons. The molecule has 0 saturated carbocycles. The maximum absolute atomic E-state index is 12.8. The molecule has 0 saturated heterocycles. The first kappa shape index (κ1) is 64.4. The van der Waals surface area contributed by atoms with Crippen LogP contribution in [-0.2, 0) is 28.6 Å². The van der Waals surface area contributed by atoms with Crippen LogP contribution in [0.5, 0.6) is 0 Å². The lowest BCUT2D eigenvalue weighted by molar-refractivity contribution is -0.167. The van der Waals surface area contributed by atoms with Crippen molar-refractivity contribution in [1.82, 2.24) is 0 Å². The van der Waals surface area contributed by atoms with Crippen molar-refractivity contribution in [3.05, 3.63) is 48.6 Å². The number of hydrogen-bond donors (Lipinski definition) is 0. The minimum atomic E-state index is -0.786. The summed E-state index contributed by atoms with van der Waals surface area (Å²) in [5.41, 5.74) is 0. The summed E-state index contributed by atoms with van der Waals surface area (Å²) in [6, 6.07) is 0. The summed E-state index contributed by atoms with van der Waals surface area (Å²) in [6.45, 7) is 6.53. The number of rotatable bonds is 53. The van der Waals surface area contributed by atoms with Crippen molar-refractivity contribution in [2.24, 2.45) is 0 Å². The first-order valence-corrected chi connectivity index (χ1v) is 29.1. The van der Waals surface area contributed by atoms with E-state index in [9.17, 15) is 14.4 Å². The molecule has 6 nitrogen and oxygen atoms in total. The van der Waals surface area contributed by atoms with Crippen LogP contribution in [0.2, 0.25) is 0 Å². The fourth-order valence-corrected chi connectivity index (χ4v) is 8.49. The molecule has 0 aliphatic heterocycles. The Labute approximate surface area is 416 Å². The van der Waals surface area contributed by atoms with Crippen molar-refractivity contribution >= 4 is 17.9 Å². The topological polar surface area (TPSA) is 78.9 Å². The van der Waals surface area contributed by atoms with Gasteiger partial charge in [-0.05, 0) is 57.8 Å². The average Bonchev–Trinajstić information content (AvgIpc) is 3.33. The quantitative estimate of drug-likeness (QED) is 0.0262. The third-order valence-corrected chi connectivity index (χ3v) is 12.8. The van der Waals surface area contributed by atoms with E-state index < -0.39 is 6.10 Å². The predicted molar refractivity (Wildman–Crippen MR) is 289 cm³/mol. The molecule has 0 bridgehead atoms. The largest absolute Gasteiger partial charge is 0.462 e. The van der Waals surface area contributed by atoms with E-state index in [1.165, 1.54) is 180 Å². The second-order valence-electron chi connectivity index (χ2n) is 19.5. The van der Waals surface area contributed by atoms with E-state index >= 15 is 0 Å². The monoisotopic (exact) mass is 939 g/mol. The smallest absolute Gasteiger partial charge is 0.306 e. The molecule has 0 aromatic heterocycles. The van der Waals surface area contributed by atoms with Gasteiger partial charge < -0.3 is 14.2 Å². The molecule has 390 valence electrons. The fourth-order valence-electron chi connectivity index (χ4n) is 8.49. The molecule has 0 unspecified atom stereocenters. The average molecular weight is 940 g/mol. The van der Waals surface area contributed by atoms with Gasteiger partial charge in [0.1, 0.15) is 13.2 Å². The Kier molecular flexibility index (Phi) is 53.8. The van der Waals surface area contributed by atoms with Crippen LogP contribution < -0.4 is 0 Å². The highest BCUT2D eigenvalue weighted by molar-refractivity contribution is 5.71. The van der Waals surface area contributed by atoms with Gasteiger partial charge in [-0.1, -0.05) is 275 Å². The fraction of sp³-hybridized carbons (Fsp3) is 0.820. The third kappa shape index (κ3) is 54.2. The second kappa shape index (κ2) is 56.0. The highest BCUT2D eigenvalue weighted by Crippen LogP contribution is 2.17. The van der Waals surface area contributed by atoms with Gasteiger partial charge in [0.2, 0.25) is 0 Å². The Balaban J connectivity index is 4.36. The zero-order valence-electron chi connectivity index (χ0n) is 44.7. The molecule has 6 heteroatoms. The molecule has 0 spiro atoms. The van der Waals surface area contributed by atoms with E-state index in [1.807, 2.05) is 0 Å². The van der Waals surface area contributed by atoms with E-state index in [0.29, 0.717) is 19.3 Å². The summed E-state index contributed by atoms with van der Waals surface area (Å²) < 4.78 is 16.8. The molecule has 0 aromatic carbocycles. The van der Waals surface area contributed by atoms with Crippen LogP contribution in [0.25, 0.3) is 0 Å². The Morgan fingerprint density at radius 1 is 0.313 bits per heavy atom. The number of hydrogen-bond acceptors (Lipinski definition) is 6. The first-order valence-electron chi connectivity index (χ1n) is 29.1. The van der Waals surface area contributed by atoms with Crippen molar-refractivity contribution in [3.63, 3.8) is 0 Å². The molecule has 0 fully saturated rings. The third-order valence-electron chi connectivity index (χ3n) is 12.8. The van der Waals surface area contributed by atoms with Crippen molar-refractivity contribution in [2.45, 2.75) is 309 Å². The minimum absolute atomic E-state index is 0.0817. The van der Waals surface area contributed by atoms with Gasteiger partial charge in [-0.2, -0.15) is 0 Å². The number of carbonyl (C=O) groups is 3. The van der Waals surface area contributed by atoms with Crippen LogP contribution in [0.15, 0.2) is 48.6 Å². The van der Waals surface area contributed by atoms with Gasteiger partial charge in [0.05, 0.1) is 0 Å². The predicted octanol–water partition coefficient (Wildman–Crippen LogP) is 19.4. The first-order chi connectivity index (χ1) is 33.0. The number of ether oxygens (including phenoxy) is 3. The van der Waals surface area contributed by atoms with Crippen LogP contribution in [0, 0.1) is 0 Å². The lowest BCUT2D eigenvalue weighted by Crippen LogP contribution is -2.30. The normalized spacial score (nSPS) is 12.3. The Morgan fingerprint density at radius 2 is 0.582 bits per heavy atom. The molecule has 0 aromatic rings. The van der Waals surface area contributed by atoms with Crippen molar-refractivity contribution < 1.29 is 28.6 Å². The Bertz CT molecular complexity index is 1170. The van der Waals surface area contributed by atoms with Crippen LogP contribution in [0.4, 0.5) is 0 Å². The van der Waals surface area contributed by atoms with Gasteiger partial charge in [-0.3, -0.25) is 14.4 Å². The molecule has 1 atom stereocenters. The van der Waals surface area contributed by atoms with Crippen LogP contribution >= 0.6 is 0 Å². The van der Waals surface area contributed by atoms with Gasteiger partial charge in [0, 0.05) is 19.3 Å². The zero-order chi connectivity index (χ0) is 48.6. The molecule has 0 heterocycles. The van der Waals surface area contributed by atoms with Gasteiger partial charge in [0.15, 0.2) is 6.10 Å². The molecule has 0 rings (SSSR count). The van der Waals surface area contributed by atoms with E-state index in [2.05, 4.69) is 69.4 Å². The zero-order valence-corrected chi connectivity index (χ0v) is 44.7. The van der Waals surface area contributed by atoms with Crippen molar-refractivity contribution in [2.75, 3.05) is 13.2 Å². The number of carbonyl (C=O) groups excluding carboxylic acids is 3. The van der Waals surface area contributed by atoms with Crippen LogP contribution in [-0.4, -0.2) is 37.2 Å². The van der Waals surface area contributed by atoms with Gasteiger partial charge in [0.25, 0.3) is 0 Å². The highest BCUT2D eigenvalue weighted by atomic mass is 16.6. The second-order valence-corrected chi connectivity index (χ2v) is 19.5. The van der Waals surface area contributed by atoms with Crippen LogP contribution in [0.1, 0.15) is 303 Å². The van der Waals surface area contributed by atoms with Gasteiger partial charge in [-0.25, -0.2) is 0 Å². The van der Waals surface area contributed by atoms with Crippen molar-refractivity contribution in [1.29, 1.82) is 0 Å². The summed E-state index contributed by atoms with van der Waals surface area (Å²) in [5, 5.41) is 0. The molecule has 0 aliphatic carbocycles. The van der Waals surface area contributed by atoms with Gasteiger partial charge >= 0.3 is 17.9 Å². The SMILES string of the molecule is CC/C=C\C/C=C\C/C=C\C/C=C\CCCCC(=O)OC[C@H](COC(=O)CCCCCCCCCCCCCCCCCCCCC)OC(=O)CCCCCCCCCCCCCCCCC. The summed E-state index contributed by atoms with van der Waals surface area (Å²) in [5.74, 6) is -0.907. The lowest BCUT2D eigenvalue weighted by atomic mass is 10.0. The maximum atomic E-state index is 12.8. The molecule has 0 aliphatic rings. The molecule has 67 heavy (non-hydrogen) atoms. The van der Waals surface area contributed by atoms with Gasteiger partial charge in [-0.15, -0.1) is 0 Å². The van der Waals surface area contributed by atoms with E-state index in [1.54, 1.807) is 0 Å². The van der Waals surface area contributed by atoms with E-state index in [-0.39, 0.29) is 31.1 Å². The Morgan fingerprint density at radius 3 is 0.910 bits per heavy atom. The minimum Gasteiger partial charge on any atom is -0.462 e. The summed E-state index contributed by atoms with van der Waals surface area (Å²) >= 11 is 0. The standard InChI is InChI=1S/C61H110O6/c1-4-7-10-13-16-19-22-25-28-29-30-31-34-36-39-42-45-48-51-54-60(63)66-57-58(67-61(64)55-52-49-46-43-40-37-33-27-24-21-18-15-12-9-6-3)56-65-59(62)53-50-47-44-41-38-35-32-26-23-20-17-14-11-8-5-2/h8,11,17,20,26,32,38,41,58H,4-7,9-10,12-16,18-19,21-25,27-31,33-37,39-40,42-57H2,1-3H3/b11-8-,20-17-,32-26-,41-38-/t58-/m1/s1. The van der Waals surface area contributed by atoms with E-state index in [0.717, 1.165) is 83.5 Å². The summed E-state index contributed by atoms with van der Waals surface area (Å²) in [6.07, 6.45) is 68.2. The summed E-state index contributed by atoms with van der Waals surface area (Å²) in [7, 11) is 0. The van der Waals surface area contributed by atoms with Crippen LogP contribution in [0.3, 0.4) is 0 Å². The molecular weight excluding hydrogens is 829 g/mol. The number of esters is 3.